The number of hydrogen-bond acceptors (Lipinski definition) is 7. The highest BCUT2D eigenvalue weighted by Gasteiger charge is 2.21. The molecule has 4 rings (SSSR count). The van der Waals surface area contributed by atoms with E-state index in [1.165, 1.54) is 11.6 Å². The Morgan fingerprint density at radius 3 is 2.44 bits per heavy atom. The van der Waals surface area contributed by atoms with E-state index in [9.17, 15) is 10.2 Å². The largest absolute Gasteiger partial charge is 0.508 e. The number of likely N-dealkylation sites (N-methyl/N-ethyl adjacent to an activating group) is 1. The highest BCUT2D eigenvalue weighted by atomic mass is 32.2. The third kappa shape index (κ3) is 6.25. The van der Waals surface area contributed by atoms with Crippen LogP contribution in [-0.4, -0.2) is 55.5 Å². The zero-order valence-electron chi connectivity index (χ0n) is 21.2. The standard InChI is InChI=1S/C28H33N5O2S/c1-19(2)23-14-24(26(35)15-25(23)34)27-30-31-28(36-18-22-9-6-11-29-16-22)33(27)17-21-8-5-7-20(13-21)10-12-32(3)4/h5-9,11,13-16,19,34-35H,10,12,17-18H2,1-4H3. The van der Waals surface area contributed by atoms with Crippen molar-refractivity contribution in [2.24, 2.45) is 0 Å². The van der Waals surface area contributed by atoms with Gasteiger partial charge in [-0.3, -0.25) is 9.55 Å². The van der Waals surface area contributed by atoms with E-state index in [2.05, 4.69) is 58.4 Å². The molecule has 0 atom stereocenters. The normalized spacial score (nSPS) is 11.5. The minimum absolute atomic E-state index is 0.0194. The molecule has 2 aromatic heterocycles. The zero-order chi connectivity index (χ0) is 25.7. The van der Waals surface area contributed by atoms with E-state index in [1.54, 1.807) is 18.0 Å². The molecular formula is C28H33N5O2S. The van der Waals surface area contributed by atoms with Gasteiger partial charge in [0.1, 0.15) is 11.5 Å². The number of aromatic nitrogens is 4. The van der Waals surface area contributed by atoms with Crippen molar-refractivity contribution in [1.29, 1.82) is 0 Å². The number of thioether (sulfide) groups is 1. The summed E-state index contributed by atoms with van der Waals surface area (Å²) in [5, 5.41) is 30.9. The summed E-state index contributed by atoms with van der Waals surface area (Å²) in [7, 11) is 4.16. The molecule has 2 heterocycles. The molecular weight excluding hydrogens is 470 g/mol. The number of pyridine rings is 1. The Balaban J connectivity index is 1.72. The number of aromatic hydroxyl groups is 2. The van der Waals surface area contributed by atoms with Crippen molar-refractivity contribution in [2.45, 2.75) is 43.6 Å². The molecule has 0 aliphatic rings. The quantitative estimate of drug-likeness (QED) is 0.283. The van der Waals surface area contributed by atoms with E-state index in [0.717, 1.165) is 34.8 Å². The molecule has 0 aliphatic carbocycles. The Morgan fingerprint density at radius 1 is 0.944 bits per heavy atom. The second-order valence-electron chi connectivity index (χ2n) is 9.50. The van der Waals surface area contributed by atoms with Gasteiger partial charge in [-0.2, -0.15) is 0 Å². The topological polar surface area (TPSA) is 87.3 Å². The van der Waals surface area contributed by atoms with Gasteiger partial charge in [0.2, 0.25) is 0 Å². The third-order valence-electron chi connectivity index (χ3n) is 6.00. The van der Waals surface area contributed by atoms with Crippen LogP contribution in [0.2, 0.25) is 0 Å². The van der Waals surface area contributed by atoms with E-state index in [-0.39, 0.29) is 17.4 Å². The van der Waals surface area contributed by atoms with Gasteiger partial charge in [0.15, 0.2) is 11.0 Å². The lowest BCUT2D eigenvalue weighted by atomic mass is 9.98. The fraction of sp³-hybridized carbons (Fsp3) is 0.321. The Kier molecular flexibility index (Phi) is 8.28. The molecule has 0 aliphatic heterocycles. The molecule has 2 N–H and O–H groups in total. The van der Waals surface area contributed by atoms with Crippen LogP contribution in [0.5, 0.6) is 11.5 Å². The maximum atomic E-state index is 10.8. The summed E-state index contributed by atoms with van der Waals surface area (Å²) in [6.07, 6.45) is 4.58. The van der Waals surface area contributed by atoms with E-state index in [0.29, 0.717) is 23.7 Å². The molecule has 0 radical (unpaired) electrons. The molecule has 0 saturated heterocycles. The van der Waals surface area contributed by atoms with Gasteiger partial charge in [0.25, 0.3) is 0 Å². The average molecular weight is 504 g/mol. The van der Waals surface area contributed by atoms with Crippen LogP contribution < -0.4 is 0 Å². The molecule has 7 nitrogen and oxygen atoms in total. The van der Waals surface area contributed by atoms with Crippen molar-refractivity contribution in [3.8, 4) is 22.9 Å². The number of nitrogens with zero attached hydrogens (tertiary/aromatic N) is 5. The van der Waals surface area contributed by atoms with Gasteiger partial charge in [-0.25, -0.2) is 0 Å². The summed E-state index contributed by atoms with van der Waals surface area (Å²) in [4.78, 5) is 6.39. The summed E-state index contributed by atoms with van der Waals surface area (Å²) in [6, 6.07) is 15.7. The van der Waals surface area contributed by atoms with Crippen molar-refractivity contribution in [3.63, 3.8) is 0 Å². The number of hydrogen-bond donors (Lipinski definition) is 2. The van der Waals surface area contributed by atoms with Crippen LogP contribution in [0.4, 0.5) is 0 Å². The SMILES string of the molecule is CC(C)c1cc(-c2nnc(SCc3cccnc3)n2Cc2cccc(CCN(C)C)c2)c(O)cc1O. The molecule has 0 saturated carbocycles. The molecule has 0 spiro atoms. The first-order chi connectivity index (χ1) is 17.3. The molecule has 2 aromatic carbocycles. The predicted molar refractivity (Wildman–Crippen MR) is 144 cm³/mol. The monoisotopic (exact) mass is 503 g/mol. The zero-order valence-corrected chi connectivity index (χ0v) is 22.0. The molecule has 0 bridgehead atoms. The van der Waals surface area contributed by atoms with Gasteiger partial charge in [-0.05, 0) is 60.8 Å². The van der Waals surface area contributed by atoms with Gasteiger partial charge >= 0.3 is 0 Å². The average Bonchev–Trinajstić information content (AvgIpc) is 3.24. The summed E-state index contributed by atoms with van der Waals surface area (Å²) < 4.78 is 2.04. The van der Waals surface area contributed by atoms with Crippen LogP contribution in [0.3, 0.4) is 0 Å². The van der Waals surface area contributed by atoms with Crippen LogP contribution >= 0.6 is 11.8 Å². The van der Waals surface area contributed by atoms with Gasteiger partial charge in [0.05, 0.1) is 12.1 Å². The molecule has 0 unspecified atom stereocenters. The van der Waals surface area contributed by atoms with E-state index in [1.807, 2.05) is 42.8 Å². The molecule has 0 amide bonds. The minimum Gasteiger partial charge on any atom is -0.508 e. The van der Waals surface area contributed by atoms with Crippen LogP contribution in [0, 0.1) is 0 Å². The first-order valence-electron chi connectivity index (χ1n) is 12.1. The number of benzene rings is 2. The number of phenolic OH excluding ortho intramolecular Hbond substituents is 2. The van der Waals surface area contributed by atoms with Gasteiger partial charge in [-0.1, -0.05) is 55.9 Å². The van der Waals surface area contributed by atoms with Crippen molar-refractivity contribution in [1.82, 2.24) is 24.6 Å². The van der Waals surface area contributed by atoms with Gasteiger partial charge < -0.3 is 15.1 Å². The highest BCUT2D eigenvalue weighted by molar-refractivity contribution is 7.98. The van der Waals surface area contributed by atoms with E-state index >= 15 is 0 Å². The van der Waals surface area contributed by atoms with Gasteiger partial charge in [-0.15, -0.1) is 10.2 Å². The first kappa shape index (κ1) is 25.7. The lowest BCUT2D eigenvalue weighted by Gasteiger charge is -2.15. The Labute approximate surface area is 216 Å². The fourth-order valence-corrected chi connectivity index (χ4v) is 4.89. The first-order valence-corrected chi connectivity index (χ1v) is 13.0. The van der Waals surface area contributed by atoms with Gasteiger partial charge in [0, 0.05) is 30.8 Å². The maximum Gasteiger partial charge on any atom is 0.192 e. The van der Waals surface area contributed by atoms with Crippen molar-refractivity contribution < 1.29 is 10.2 Å². The van der Waals surface area contributed by atoms with Crippen LogP contribution in [0.15, 0.2) is 66.1 Å². The lowest BCUT2D eigenvalue weighted by Crippen LogP contribution is -2.15. The lowest BCUT2D eigenvalue weighted by molar-refractivity contribution is 0.413. The highest BCUT2D eigenvalue weighted by Crippen LogP contribution is 2.38. The third-order valence-corrected chi connectivity index (χ3v) is 7.03. The van der Waals surface area contributed by atoms with E-state index < -0.39 is 0 Å². The van der Waals surface area contributed by atoms with Crippen LogP contribution in [0.25, 0.3) is 11.4 Å². The van der Waals surface area contributed by atoms with Crippen LogP contribution in [-0.2, 0) is 18.7 Å². The van der Waals surface area contributed by atoms with Crippen molar-refractivity contribution in [2.75, 3.05) is 20.6 Å². The van der Waals surface area contributed by atoms with E-state index in [4.69, 9.17) is 0 Å². The number of rotatable bonds is 10. The minimum atomic E-state index is -0.0194. The fourth-order valence-electron chi connectivity index (χ4n) is 4.02. The second-order valence-corrected chi connectivity index (χ2v) is 10.4. The molecule has 4 aromatic rings. The summed E-state index contributed by atoms with van der Waals surface area (Å²) >= 11 is 1.58. The summed E-state index contributed by atoms with van der Waals surface area (Å²) in [5.74, 6) is 1.43. The Hall–Kier alpha value is -3.36. The number of phenols is 2. The molecule has 188 valence electrons. The predicted octanol–water partition coefficient (Wildman–Crippen LogP) is 5.32. The van der Waals surface area contributed by atoms with Crippen LogP contribution in [0.1, 0.15) is 42.0 Å². The maximum absolute atomic E-state index is 10.8. The second kappa shape index (κ2) is 11.6. The Bertz CT molecular complexity index is 1300. The summed E-state index contributed by atoms with van der Waals surface area (Å²) in [6.45, 7) is 5.56. The summed E-state index contributed by atoms with van der Waals surface area (Å²) in [5.41, 5.74) is 4.82. The molecule has 36 heavy (non-hydrogen) atoms. The van der Waals surface area contributed by atoms with Crippen molar-refractivity contribution in [3.05, 3.63) is 83.2 Å². The molecule has 8 heteroatoms. The smallest absolute Gasteiger partial charge is 0.192 e. The molecule has 0 fully saturated rings. The Morgan fingerprint density at radius 2 is 1.72 bits per heavy atom. The van der Waals surface area contributed by atoms with Crippen molar-refractivity contribution >= 4 is 11.8 Å².